The summed E-state index contributed by atoms with van der Waals surface area (Å²) in [6.07, 6.45) is 6.59. The molecule has 0 aliphatic carbocycles. The molecule has 0 atom stereocenters. The molecule has 60 valence electrons. The number of hydrogen-bond donors (Lipinski definition) is 0. The Hall–Kier alpha value is -1.03. The number of carbonyl (C=O) groups is 1. The topological polar surface area (TPSA) is 17.1 Å². The lowest BCUT2D eigenvalue weighted by Crippen LogP contribution is -1.91. The lowest BCUT2D eigenvalue weighted by molar-refractivity contribution is -0.116. The summed E-state index contributed by atoms with van der Waals surface area (Å²) >= 11 is 0. The smallest absolute Gasteiger partial charge is 0.130 e. The maximum Gasteiger partial charge on any atom is 0.130 e. The van der Waals surface area contributed by atoms with E-state index in [0.29, 0.717) is 6.42 Å². The van der Waals surface area contributed by atoms with E-state index in [-0.39, 0.29) is 5.78 Å². The average Bonchev–Trinajstić information content (AvgIpc) is 1.98. The van der Waals surface area contributed by atoms with E-state index in [1.54, 1.807) is 6.92 Å². The van der Waals surface area contributed by atoms with Gasteiger partial charge in [-0.25, -0.2) is 0 Å². The quantitative estimate of drug-likeness (QED) is 0.564. The van der Waals surface area contributed by atoms with Crippen molar-refractivity contribution in [1.29, 1.82) is 0 Å². The van der Waals surface area contributed by atoms with E-state index in [1.165, 1.54) is 0 Å². The number of terminal acetylenes is 1. The first-order valence-electron chi connectivity index (χ1n) is 3.70. The molecule has 0 saturated heterocycles. The predicted octanol–water partition coefficient (Wildman–Crippen LogP) is 2.33. The highest BCUT2D eigenvalue weighted by atomic mass is 16.1. The molecule has 0 aromatic rings. The van der Waals surface area contributed by atoms with Crippen LogP contribution >= 0.6 is 0 Å². The summed E-state index contributed by atoms with van der Waals surface area (Å²) in [6.45, 7) is 5.46. The highest BCUT2D eigenvalue weighted by Crippen LogP contribution is 2.09. The van der Waals surface area contributed by atoms with Gasteiger partial charge in [0.1, 0.15) is 5.78 Å². The van der Waals surface area contributed by atoms with Crippen LogP contribution in [0.2, 0.25) is 0 Å². The fraction of sp³-hybridized carbons (Fsp3) is 0.500. The third-order valence-electron chi connectivity index (χ3n) is 1.71. The molecule has 0 amide bonds. The molecule has 1 heteroatoms. The Bertz CT molecular complexity index is 216. The highest BCUT2D eigenvalue weighted by Gasteiger charge is 1.96. The van der Waals surface area contributed by atoms with Crippen LogP contribution in [0.5, 0.6) is 0 Å². The first-order valence-corrected chi connectivity index (χ1v) is 3.70. The molecular formula is C10H14O. The third kappa shape index (κ3) is 4.38. The predicted molar refractivity (Wildman–Crippen MR) is 47.1 cm³/mol. The van der Waals surface area contributed by atoms with Gasteiger partial charge in [0.15, 0.2) is 0 Å². The molecule has 0 spiro atoms. The molecule has 0 unspecified atom stereocenters. The van der Waals surface area contributed by atoms with Gasteiger partial charge < -0.3 is 4.79 Å². The molecule has 0 rings (SSSR count). The number of ketones is 1. The second-order valence-corrected chi connectivity index (χ2v) is 2.75. The fourth-order valence-corrected chi connectivity index (χ4v) is 0.674. The fourth-order valence-electron chi connectivity index (χ4n) is 0.674. The van der Waals surface area contributed by atoms with E-state index in [0.717, 1.165) is 17.6 Å². The summed E-state index contributed by atoms with van der Waals surface area (Å²) < 4.78 is 0. The van der Waals surface area contributed by atoms with Crippen molar-refractivity contribution in [3.63, 3.8) is 0 Å². The van der Waals surface area contributed by atoms with Gasteiger partial charge in [0.25, 0.3) is 0 Å². The van der Waals surface area contributed by atoms with Crippen molar-refractivity contribution in [2.75, 3.05) is 0 Å². The molecule has 1 nitrogen and oxygen atoms in total. The first-order chi connectivity index (χ1) is 5.07. The van der Waals surface area contributed by atoms with Crippen LogP contribution in [0.25, 0.3) is 0 Å². The summed E-state index contributed by atoms with van der Waals surface area (Å²) in [5.41, 5.74) is 2.09. The SMILES string of the molecule is C#CC(C)=C(C)CCC(C)=O. The minimum absolute atomic E-state index is 0.217. The molecule has 0 saturated carbocycles. The van der Waals surface area contributed by atoms with E-state index in [1.807, 2.05) is 13.8 Å². The highest BCUT2D eigenvalue weighted by molar-refractivity contribution is 5.75. The molecule has 0 aromatic carbocycles. The molecule has 0 bridgehead atoms. The van der Waals surface area contributed by atoms with Gasteiger partial charge in [0.2, 0.25) is 0 Å². The summed E-state index contributed by atoms with van der Waals surface area (Å²) in [4.78, 5) is 10.6. The van der Waals surface area contributed by atoms with Crippen LogP contribution in [-0.4, -0.2) is 5.78 Å². The molecule has 0 N–H and O–H groups in total. The Labute approximate surface area is 68.5 Å². The average molecular weight is 150 g/mol. The van der Waals surface area contributed by atoms with Gasteiger partial charge in [-0.3, -0.25) is 0 Å². The van der Waals surface area contributed by atoms with Crippen LogP contribution in [-0.2, 0) is 4.79 Å². The van der Waals surface area contributed by atoms with Gasteiger partial charge in [-0.15, -0.1) is 6.42 Å². The van der Waals surface area contributed by atoms with Gasteiger partial charge in [-0.2, -0.15) is 0 Å². The van der Waals surface area contributed by atoms with E-state index in [2.05, 4.69) is 5.92 Å². The van der Waals surface area contributed by atoms with Crippen molar-refractivity contribution in [2.24, 2.45) is 0 Å². The molecule has 11 heavy (non-hydrogen) atoms. The Balaban J connectivity index is 3.99. The second kappa shape index (κ2) is 4.73. The zero-order chi connectivity index (χ0) is 8.85. The van der Waals surface area contributed by atoms with E-state index in [4.69, 9.17) is 6.42 Å². The molecule has 0 radical (unpaired) electrons. The first kappa shape index (κ1) is 9.97. The Morgan fingerprint density at radius 2 is 1.82 bits per heavy atom. The van der Waals surface area contributed by atoms with Crippen LogP contribution < -0.4 is 0 Å². The van der Waals surface area contributed by atoms with Crippen LogP contribution in [0, 0.1) is 12.3 Å². The molecular weight excluding hydrogens is 136 g/mol. The van der Waals surface area contributed by atoms with Crippen LogP contribution in [0.4, 0.5) is 0 Å². The van der Waals surface area contributed by atoms with Gasteiger partial charge in [-0.05, 0) is 32.8 Å². The van der Waals surface area contributed by atoms with Gasteiger partial charge in [-0.1, -0.05) is 11.5 Å². The number of allylic oxidation sites excluding steroid dienone is 2. The molecule has 0 aromatic heterocycles. The number of hydrogen-bond acceptors (Lipinski definition) is 1. The Kier molecular flexibility index (Phi) is 4.29. The van der Waals surface area contributed by atoms with E-state index >= 15 is 0 Å². The molecule has 0 aliphatic rings. The normalized spacial score (nSPS) is 11.8. The van der Waals surface area contributed by atoms with Crippen molar-refractivity contribution in [1.82, 2.24) is 0 Å². The van der Waals surface area contributed by atoms with Crippen molar-refractivity contribution in [3.8, 4) is 12.3 Å². The van der Waals surface area contributed by atoms with Crippen LogP contribution in [0.15, 0.2) is 11.1 Å². The zero-order valence-corrected chi connectivity index (χ0v) is 7.40. The monoisotopic (exact) mass is 150 g/mol. The standard InChI is InChI=1S/C10H14O/c1-5-8(2)9(3)6-7-10(4)11/h1H,6-7H2,2-4H3. The maximum atomic E-state index is 10.6. The zero-order valence-electron chi connectivity index (χ0n) is 7.40. The molecule has 0 fully saturated rings. The Morgan fingerprint density at radius 1 is 1.27 bits per heavy atom. The van der Waals surface area contributed by atoms with Crippen molar-refractivity contribution >= 4 is 5.78 Å². The second-order valence-electron chi connectivity index (χ2n) is 2.75. The van der Waals surface area contributed by atoms with E-state index < -0.39 is 0 Å². The van der Waals surface area contributed by atoms with Crippen LogP contribution in [0.3, 0.4) is 0 Å². The summed E-state index contributed by atoms with van der Waals surface area (Å²) in [7, 11) is 0. The minimum Gasteiger partial charge on any atom is -0.300 e. The van der Waals surface area contributed by atoms with Crippen molar-refractivity contribution in [3.05, 3.63) is 11.1 Å². The van der Waals surface area contributed by atoms with Gasteiger partial charge >= 0.3 is 0 Å². The number of Topliss-reactive ketones (excluding diaryl/α,β-unsaturated/α-hetero) is 1. The summed E-state index contributed by atoms with van der Waals surface area (Å²) in [5.74, 6) is 2.77. The maximum absolute atomic E-state index is 10.6. The minimum atomic E-state index is 0.217. The summed E-state index contributed by atoms with van der Waals surface area (Å²) in [5, 5.41) is 0. The molecule has 0 heterocycles. The van der Waals surface area contributed by atoms with E-state index in [9.17, 15) is 4.79 Å². The lowest BCUT2D eigenvalue weighted by Gasteiger charge is -1.99. The molecule has 0 aliphatic heterocycles. The Morgan fingerprint density at radius 3 is 2.18 bits per heavy atom. The lowest BCUT2D eigenvalue weighted by atomic mass is 10.1. The third-order valence-corrected chi connectivity index (χ3v) is 1.71. The number of carbonyl (C=O) groups excluding carboxylic acids is 1. The number of rotatable bonds is 3. The largest absolute Gasteiger partial charge is 0.300 e. The van der Waals surface area contributed by atoms with Crippen molar-refractivity contribution in [2.45, 2.75) is 33.6 Å². The van der Waals surface area contributed by atoms with Crippen LogP contribution in [0.1, 0.15) is 33.6 Å². The summed E-state index contributed by atoms with van der Waals surface area (Å²) in [6, 6.07) is 0. The van der Waals surface area contributed by atoms with Crippen molar-refractivity contribution < 1.29 is 4.79 Å². The van der Waals surface area contributed by atoms with Gasteiger partial charge in [0, 0.05) is 6.42 Å². The van der Waals surface area contributed by atoms with Gasteiger partial charge in [0.05, 0.1) is 0 Å².